The summed E-state index contributed by atoms with van der Waals surface area (Å²) in [5.41, 5.74) is 6.98. The summed E-state index contributed by atoms with van der Waals surface area (Å²) in [5.74, 6) is 1.30. The lowest BCUT2D eigenvalue weighted by Crippen LogP contribution is -2.28. The first-order chi connectivity index (χ1) is 9.15. The molecule has 19 heavy (non-hydrogen) atoms. The van der Waals surface area contributed by atoms with Crippen LogP contribution in [0.3, 0.4) is 0 Å². The van der Waals surface area contributed by atoms with Gasteiger partial charge in [-0.05, 0) is 37.0 Å². The quantitative estimate of drug-likeness (QED) is 0.848. The highest BCUT2D eigenvalue weighted by Crippen LogP contribution is 2.26. The average Bonchev–Trinajstić information content (AvgIpc) is 2.87. The van der Waals surface area contributed by atoms with Crippen molar-refractivity contribution in [1.82, 2.24) is 4.90 Å². The molecule has 104 valence electrons. The molecule has 2 N–H and O–H groups in total. The maximum Gasteiger partial charge on any atom is 0.253 e. The molecule has 0 radical (unpaired) electrons. The highest BCUT2D eigenvalue weighted by atomic mass is 16.5. The van der Waals surface area contributed by atoms with Crippen LogP contribution in [0.2, 0.25) is 0 Å². The van der Waals surface area contributed by atoms with Crippen molar-refractivity contribution in [3.8, 4) is 5.75 Å². The van der Waals surface area contributed by atoms with Crippen LogP contribution in [-0.2, 0) is 0 Å². The number of nitrogens with two attached hydrogens (primary N) is 1. The third-order valence-electron chi connectivity index (χ3n) is 3.75. The van der Waals surface area contributed by atoms with E-state index < -0.39 is 0 Å². The molecule has 1 atom stereocenters. The van der Waals surface area contributed by atoms with Gasteiger partial charge in [-0.15, -0.1) is 0 Å². The number of rotatable bonds is 4. The van der Waals surface area contributed by atoms with Gasteiger partial charge in [-0.2, -0.15) is 0 Å². The van der Waals surface area contributed by atoms with Crippen LogP contribution >= 0.6 is 0 Å². The lowest BCUT2D eigenvalue weighted by molar-refractivity contribution is 0.0786. The average molecular weight is 262 g/mol. The van der Waals surface area contributed by atoms with E-state index in [0.29, 0.717) is 22.9 Å². The number of carbonyl (C=O) groups excluding carboxylic acids is 1. The van der Waals surface area contributed by atoms with Gasteiger partial charge in [0.15, 0.2) is 0 Å². The molecule has 4 nitrogen and oxygen atoms in total. The largest absolute Gasteiger partial charge is 0.495 e. The second-order valence-corrected chi connectivity index (χ2v) is 5.15. The van der Waals surface area contributed by atoms with Crippen molar-refractivity contribution in [3.05, 3.63) is 23.8 Å². The normalized spacial score (nSPS) is 18.6. The number of hydrogen-bond acceptors (Lipinski definition) is 3. The number of nitrogen functional groups attached to an aromatic ring is 1. The van der Waals surface area contributed by atoms with Crippen molar-refractivity contribution in [3.63, 3.8) is 0 Å². The predicted octanol–water partition coefficient (Wildman–Crippen LogP) is 2.54. The minimum Gasteiger partial charge on any atom is -0.495 e. The molecule has 0 saturated carbocycles. The Bertz CT molecular complexity index is 459. The zero-order chi connectivity index (χ0) is 13.8. The molecule has 0 bridgehead atoms. The summed E-state index contributed by atoms with van der Waals surface area (Å²) < 4.78 is 5.16. The number of ether oxygens (including phenoxy) is 1. The number of amides is 1. The standard InChI is InChI=1S/C15H22N2O2/c1-3-4-11-7-8-17(10-11)15(18)12-5-6-13(16)14(9-12)19-2/h5-6,9,11H,3-4,7-8,10,16H2,1-2H3. The van der Waals surface area contributed by atoms with Gasteiger partial charge in [-0.1, -0.05) is 13.3 Å². The number of anilines is 1. The van der Waals surface area contributed by atoms with Gasteiger partial charge in [-0.3, -0.25) is 4.79 Å². The van der Waals surface area contributed by atoms with E-state index >= 15 is 0 Å². The molecule has 1 aromatic rings. The Kier molecular flexibility index (Phi) is 4.30. The fourth-order valence-corrected chi connectivity index (χ4v) is 2.69. The molecule has 1 amide bonds. The van der Waals surface area contributed by atoms with Gasteiger partial charge in [0.25, 0.3) is 5.91 Å². The van der Waals surface area contributed by atoms with Crippen LogP contribution < -0.4 is 10.5 Å². The van der Waals surface area contributed by atoms with Gasteiger partial charge in [0.2, 0.25) is 0 Å². The molecule has 1 unspecified atom stereocenters. The zero-order valence-corrected chi connectivity index (χ0v) is 11.7. The Hall–Kier alpha value is -1.71. The molecule has 1 heterocycles. The van der Waals surface area contributed by atoms with Crippen LogP contribution in [0.15, 0.2) is 18.2 Å². The number of benzene rings is 1. The Morgan fingerprint density at radius 2 is 2.32 bits per heavy atom. The predicted molar refractivity (Wildman–Crippen MR) is 76.3 cm³/mol. The van der Waals surface area contributed by atoms with E-state index in [1.165, 1.54) is 12.8 Å². The molecule has 0 spiro atoms. The van der Waals surface area contributed by atoms with Gasteiger partial charge in [-0.25, -0.2) is 0 Å². The van der Waals surface area contributed by atoms with Crippen LogP contribution in [0, 0.1) is 5.92 Å². The van der Waals surface area contributed by atoms with Gasteiger partial charge < -0.3 is 15.4 Å². The molecular formula is C15H22N2O2. The fourth-order valence-electron chi connectivity index (χ4n) is 2.69. The number of methoxy groups -OCH3 is 1. The second-order valence-electron chi connectivity index (χ2n) is 5.15. The highest BCUT2D eigenvalue weighted by Gasteiger charge is 2.26. The van der Waals surface area contributed by atoms with E-state index in [2.05, 4.69) is 6.92 Å². The third kappa shape index (κ3) is 3.00. The lowest BCUT2D eigenvalue weighted by Gasteiger charge is -2.17. The molecule has 1 aromatic carbocycles. The molecular weight excluding hydrogens is 240 g/mol. The summed E-state index contributed by atoms with van der Waals surface area (Å²) in [6, 6.07) is 5.23. The van der Waals surface area contributed by atoms with Crippen LogP contribution in [0.4, 0.5) is 5.69 Å². The van der Waals surface area contributed by atoms with Crippen LogP contribution in [0.5, 0.6) is 5.75 Å². The molecule has 1 aliphatic rings. The molecule has 4 heteroatoms. The Morgan fingerprint density at radius 1 is 1.53 bits per heavy atom. The fraction of sp³-hybridized carbons (Fsp3) is 0.533. The van der Waals surface area contributed by atoms with Gasteiger partial charge >= 0.3 is 0 Å². The van der Waals surface area contributed by atoms with E-state index in [1.807, 2.05) is 4.90 Å². The minimum absolute atomic E-state index is 0.0805. The van der Waals surface area contributed by atoms with Crippen LogP contribution in [0.25, 0.3) is 0 Å². The number of carbonyl (C=O) groups is 1. The first-order valence-corrected chi connectivity index (χ1v) is 6.88. The SMILES string of the molecule is CCCC1CCN(C(=O)c2ccc(N)c(OC)c2)C1. The summed E-state index contributed by atoms with van der Waals surface area (Å²) >= 11 is 0. The lowest BCUT2D eigenvalue weighted by atomic mass is 10.0. The summed E-state index contributed by atoms with van der Waals surface area (Å²) in [6.07, 6.45) is 3.50. The van der Waals surface area contributed by atoms with E-state index in [1.54, 1.807) is 25.3 Å². The summed E-state index contributed by atoms with van der Waals surface area (Å²) in [5, 5.41) is 0. The maximum atomic E-state index is 12.4. The van der Waals surface area contributed by atoms with Crippen molar-refractivity contribution in [2.45, 2.75) is 26.2 Å². The van der Waals surface area contributed by atoms with Gasteiger partial charge in [0.1, 0.15) is 5.75 Å². The zero-order valence-electron chi connectivity index (χ0n) is 11.7. The highest BCUT2D eigenvalue weighted by molar-refractivity contribution is 5.95. The van der Waals surface area contributed by atoms with Gasteiger partial charge in [0.05, 0.1) is 12.8 Å². The summed E-state index contributed by atoms with van der Waals surface area (Å²) in [6.45, 7) is 3.92. The number of nitrogens with zero attached hydrogens (tertiary/aromatic N) is 1. The molecule has 0 aromatic heterocycles. The van der Waals surface area contributed by atoms with Crippen molar-refractivity contribution >= 4 is 11.6 Å². The molecule has 1 fully saturated rings. The van der Waals surface area contributed by atoms with Crippen molar-refractivity contribution in [2.24, 2.45) is 5.92 Å². The van der Waals surface area contributed by atoms with Crippen molar-refractivity contribution in [2.75, 3.05) is 25.9 Å². The van der Waals surface area contributed by atoms with Crippen molar-refractivity contribution in [1.29, 1.82) is 0 Å². The molecule has 0 aliphatic carbocycles. The second kappa shape index (κ2) is 5.95. The van der Waals surface area contributed by atoms with E-state index in [-0.39, 0.29) is 5.91 Å². The number of hydrogen-bond donors (Lipinski definition) is 1. The molecule has 1 aliphatic heterocycles. The van der Waals surface area contributed by atoms with E-state index in [4.69, 9.17) is 10.5 Å². The topological polar surface area (TPSA) is 55.6 Å². The van der Waals surface area contributed by atoms with Crippen molar-refractivity contribution < 1.29 is 9.53 Å². The number of likely N-dealkylation sites (tertiary alicyclic amines) is 1. The molecule has 2 rings (SSSR count). The van der Waals surface area contributed by atoms with Gasteiger partial charge in [0, 0.05) is 18.7 Å². The smallest absolute Gasteiger partial charge is 0.253 e. The third-order valence-corrected chi connectivity index (χ3v) is 3.75. The Balaban J connectivity index is 2.08. The van der Waals surface area contributed by atoms with Crippen LogP contribution in [0.1, 0.15) is 36.5 Å². The van der Waals surface area contributed by atoms with E-state index in [9.17, 15) is 4.79 Å². The first-order valence-electron chi connectivity index (χ1n) is 6.88. The van der Waals surface area contributed by atoms with E-state index in [0.717, 1.165) is 19.5 Å². The summed E-state index contributed by atoms with van der Waals surface area (Å²) in [4.78, 5) is 14.3. The van der Waals surface area contributed by atoms with Crippen LogP contribution in [-0.4, -0.2) is 31.0 Å². The maximum absolute atomic E-state index is 12.4. The summed E-state index contributed by atoms with van der Waals surface area (Å²) in [7, 11) is 1.56. The first kappa shape index (κ1) is 13.7. The Labute approximate surface area is 114 Å². The monoisotopic (exact) mass is 262 g/mol. The minimum atomic E-state index is 0.0805. The Morgan fingerprint density at radius 3 is 3.00 bits per heavy atom. The molecule has 1 saturated heterocycles.